The molecule has 0 saturated heterocycles. The van der Waals surface area contributed by atoms with Crippen LogP contribution < -0.4 is 0 Å². The van der Waals surface area contributed by atoms with E-state index < -0.39 is 0 Å². The number of hydrogen-bond acceptors (Lipinski definition) is 6. The molecule has 6 aromatic heterocycles. The summed E-state index contributed by atoms with van der Waals surface area (Å²) in [7, 11) is 0. The monoisotopic (exact) mass is 780 g/mol. The Morgan fingerprint density at radius 3 is 1.24 bits per heavy atom. The van der Waals surface area contributed by atoms with Gasteiger partial charge in [0.2, 0.25) is 11.4 Å². The molecule has 6 heterocycles. The van der Waals surface area contributed by atoms with Crippen molar-refractivity contribution < 1.29 is 8.83 Å². The Hall–Kier alpha value is -7.41. The van der Waals surface area contributed by atoms with Crippen LogP contribution >= 0.6 is 11.6 Å². The third-order valence-electron chi connectivity index (χ3n) is 11.1. The molecule has 0 N–H and O–H groups in total. The van der Waals surface area contributed by atoms with E-state index in [0.717, 1.165) is 111 Å². The fraction of sp³-hybridized carbons (Fsp3) is 0.0385. The van der Waals surface area contributed by atoms with Gasteiger partial charge in [-0.05, 0) is 114 Å². The molecule has 0 fully saturated rings. The van der Waals surface area contributed by atoms with Crippen LogP contribution in [0, 0.1) is 13.8 Å². The van der Waals surface area contributed by atoms with E-state index in [2.05, 4.69) is 113 Å². The first-order valence-electron chi connectivity index (χ1n) is 19.5. The highest BCUT2D eigenvalue weighted by atomic mass is 35.5. The summed E-state index contributed by atoms with van der Waals surface area (Å²) in [5.74, 6) is 0. The molecular weight excluding hydrogens is 748 g/mol. The second-order valence-corrected chi connectivity index (χ2v) is 15.3. The number of nitrogens with zero attached hydrogens (tertiary/aromatic N) is 4. The van der Waals surface area contributed by atoms with Crippen LogP contribution in [0.1, 0.15) is 11.4 Å². The molecule has 0 aliphatic heterocycles. The van der Waals surface area contributed by atoms with Crippen LogP contribution in [0.4, 0.5) is 0 Å². The Bertz CT molecular complexity index is 3200. The van der Waals surface area contributed by atoms with Crippen LogP contribution in [-0.2, 0) is 0 Å². The standard InChI is InChI=1S/C52H33ClN4O2/c1-30-17-21-43-41-13-7-15-45(49(41)58-51(43)56-30)47-23-19-32(28-54-47)37-9-3-5-11-39(37)34-25-35(27-36(53)26-34)40-12-6-4-10-38(40)33-20-24-48(55-29-33)46-16-8-14-42-44-22-18-31(2)57-52(44)59-50(42)46/h3-29H,1-2H3. The van der Waals surface area contributed by atoms with Crippen molar-refractivity contribution in [1.82, 2.24) is 19.9 Å². The van der Waals surface area contributed by atoms with Gasteiger partial charge in [0.1, 0.15) is 11.2 Å². The molecule has 5 aromatic carbocycles. The van der Waals surface area contributed by atoms with Crippen molar-refractivity contribution in [2.45, 2.75) is 13.8 Å². The number of para-hydroxylation sites is 2. The lowest BCUT2D eigenvalue weighted by Crippen LogP contribution is -1.91. The minimum absolute atomic E-state index is 0.636. The predicted molar refractivity (Wildman–Crippen MR) is 239 cm³/mol. The SMILES string of the molecule is Cc1ccc2c(n1)oc1c(-c3ccc(-c4ccccc4-c4cc(Cl)cc(-c5ccccc5-c5ccc(-c6cccc7c6oc6nc(C)ccc67)nc5)c4)cn3)cccc12. The van der Waals surface area contributed by atoms with Crippen LogP contribution in [0.3, 0.4) is 0 Å². The Morgan fingerprint density at radius 2 is 0.814 bits per heavy atom. The summed E-state index contributed by atoms with van der Waals surface area (Å²) < 4.78 is 12.6. The molecule has 59 heavy (non-hydrogen) atoms. The van der Waals surface area contributed by atoms with Gasteiger partial charge in [-0.3, -0.25) is 9.97 Å². The third kappa shape index (κ3) is 6.04. The van der Waals surface area contributed by atoms with Crippen LogP contribution in [0.5, 0.6) is 0 Å². The quantitative estimate of drug-likeness (QED) is 0.167. The number of benzene rings is 5. The number of pyridine rings is 4. The second-order valence-electron chi connectivity index (χ2n) is 14.9. The zero-order valence-electron chi connectivity index (χ0n) is 32.1. The van der Waals surface area contributed by atoms with E-state index in [9.17, 15) is 0 Å². The largest absolute Gasteiger partial charge is 0.437 e. The molecule has 7 heteroatoms. The summed E-state index contributed by atoms with van der Waals surface area (Å²) in [5.41, 5.74) is 16.4. The Kier molecular flexibility index (Phi) is 8.20. The smallest absolute Gasteiger partial charge is 0.227 e. The highest BCUT2D eigenvalue weighted by Crippen LogP contribution is 2.41. The van der Waals surface area contributed by atoms with Crippen LogP contribution in [0.25, 0.3) is 111 Å². The average Bonchev–Trinajstić information content (AvgIpc) is 3.84. The van der Waals surface area contributed by atoms with Crippen molar-refractivity contribution in [2.75, 3.05) is 0 Å². The first-order valence-corrected chi connectivity index (χ1v) is 19.8. The molecule has 0 saturated carbocycles. The zero-order chi connectivity index (χ0) is 39.6. The maximum absolute atomic E-state index is 6.94. The summed E-state index contributed by atoms with van der Waals surface area (Å²) in [6.45, 7) is 3.94. The van der Waals surface area contributed by atoms with Crippen molar-refractivity contribution in [2.24, 2.45) is 0 Å². The van der Waals surface area contributed by atoms with Gasteiger partial charge < -0.3 is 8.83 Å². The number of hydrogen-bond donors (Lipinski definition) is 0. The van der Waals surface area contributed by atoms with Gasteiger partial charge in [0.05, 0.1) is 11.4 Å². The maximum Gasteiger partial charge on any atom is 0.227 e. The number of fused-ring (bicyclic) bond motifs is 6. The molecular formula is C52H33ClN4O2. The summed E-state index contributed by atoms with van der Waals surface area (Å²) in [6, 6.07) is 51.9. The fourth-order valence-corrected chi connectivity index (χ4v) is 8.48. The van der Waals surface area contributed by atoms with Gasteiger partial charge in [-0.2, -0.15) is 0 Å². The number of aryl methyl sites for hydroxylation is 2. The van der Waals surface area contributed by atoms with E-state index in [1.165, 1.54) is 0 Å². The highest BCUT2D eigenvalue weighted by molar-refractivity contribution is 6.31. The van der Waals surface area contributed by atoms with Gasteiger partial charge in [0, 0.05) is 72.6 Å². The number of halogens is 1. The molecule has 6 nitrogen and oxygen atoms in total. The van der Waals surface area contributed by atoms with Crippen molar-refractivity contribution in [3.8, 4) is 67.0 Å². The topological polar surface area (TPSA) is 77.8 Å². The number of rotatable bonds is 6. The third-order valence-corrected chi connectivity index (χ3v) is 11.3. The van der Waals surface area contributed by atoms with E-state index in [1.807, 2.05) is 74.8 Å². The lowest BCUT2D eigenvalue weighted by molar-refractivity contribution is 0.653. The Labute approximate surface area is 344 Å². The van der Waals surface area contributed by atoms with Crippen LogP contribution in [0.15, 0.2) is 173 Å². The molecule has 0 aliphatic rings. The first-order chi connectivity index (χ1) is 28.9. The van der Waals surface area contributed by atoms with E-state index >= 15 is 0 Å². The second kappa shape index (κ2) is 13.9. The van der Waals surface area contributed by atoms with Crippen LogP contribution in [0.2, 0.25) is 5.02 Å². The van der Waals surface area contributed by atoms with Crippen molar-refractivity contribution in [1.29, 1.82) is 0 Å². The van der Waals surface area contributed by atoms with Crippen molar-refractivity contribution in [3.05, 3.63) is 180 Å². The lowest BCUT2D eigenvalue weighted by Gasteiger charge is -2.15. The fourth-order valence-electron chi connectivity index (χ4n) is 8.25. The molecule has 11 aromatic rings. The predicted octanol–water partition coefficient (Wildman–Crippen LogP) is 14.3. The molecule has 0 aliphatic carbocycles. The molecule has 280 valence electrons. The Balaban J connectivity index is 0.932. The first kappa shape index (κ1) is 34.8. The van der Waals surface area contributed by atoms with Gasteiger partial charge in [-0.15, -0.1) is 0 Å². The molecule has 0 atom stereocenters. The molecule has 0 unspecified atom stereocenters. The Morgan fingerprint density at radius 1 is 0.390 bits per heavy atom. The van der Waals surface area contributed by atoms with Gasteiger partial charge in [0.15, 0.2) is 0 Å². The highest BCUT2D eigenvalue weighted by Gasteiger charge is 2.18. The summed E-state index contributed by atoms with van der Waals surface area (Å²) in [6.07, 6.45) is 3.87. The van der Waals surface area contributed by atoms with Gasteiger partial charge >= 0.3 is 0 Å². The number of furan rings is 2. The minimum Gasteiger partial charge on any atom is -0.437 e. The molecule has 0 radical (unpaired) electrons. The summed E-state index contributed by atoms with van der Waals surface area (Å²) in [4.78, 5) is 19.2. The summed E-state index contributed by atoms with van der Waals surface area (Å²) in [5, 5.41) is 4.70. The maximum atomic E-state index is 6.94. The molecule has 0 amide bonds. The summed E-state index contributed by atoms with van der Waals surface area (Å²) >= 11 is 6.94. The molecule has 0 spiro atoms. The lowest BCUT2D eigenvalue weighted by atomic mass is 9.90. The molecule has 0 bridgehead atoms. The number of aromatic nitrogens is 4. The normalized spacial score (nSPS) is 11.6. The van der Waals surface area contributed by atoms with Crippen molar-refractivity contribution >= 4 is 55.7 Å². The van der Waals surface area contributed by atoms with Crippen molar-refractivity contribution in [3.63, 3.8) is 0 Å². The van der Waals surface area contributed by atoms with Gasteiger partial charge in [0.25, 0.3) is 0 Å². The van der Waals surface area contributed by atoms with Crippen LogP contribution in [-0.4, -0.2) is 19.9 Å². The average molecular weight is 781 g/mol. The van der Waals surface area contributed by atoms with E-state index in [0.29, 0.717) is 16.4 Å². The zero-order valence-corrected chi connectivity index (χ0v) is 32.8. The van der Waals surface area contributed by atoms with Gasteiger partial charge in [-0.25, -0.2) is 9.97 Å². The van der Waals surface area contributed by atoms with Gasteiger partial charge in [-0.1, -0.05) is 96.5 Å². The minimum atomic E-state index is 0.636. The van der Waals surface area contributed by atoms with E-state index in [4.69, 9.17) is 30.4 Å². The molecule has 11 rings (SSSR count). The van der Waals surface area contributed by atoms with E-state index in [-0.39, 0.29) is 0 Å². The van der Waals surface area contributed by atoms with E-state index in [1.54, 1.807) is 0 Å².